The number of aliphatic hydroxyl groups is 1. The standard InChI is InChI=1S/C21H24F3N5O3/c22-21(23,24)17-11-26-19(27-12-17)25-5-6-28-7-9-29(10-8-28)18(30)15-1-3-16(4-2-15)20(31)13-32-14-20/h1-4,11-12,31H,5-10,13-14H2,(H,25,26,27). The van der Waals surface area contributed by atoms with Gasteiger partial charge in [-0.15, -0.1) is 0 Å². The number of hydrogen-bond donors (Lipinski definition) is 2. The van der Waals surface area contributed by atoms with Crippen LogP contribution in [-0.4, -0.2) is 83.3 Å². The summed E-state index contributed by atoms with van der Waals surface area (Å²) in [6.07, 6.45) is -2.94. The number of piperazine rings is 1. The number of anilines is 1. The van der Waals surface area contributed by atoms with E-state index in [4.69, 9.17) is 4.74 Å². The first kappa shape index (κ1) is 22.4. The van der Waals surface area contributed by atoms with Gasteiger partial charge in [0.1, 0.15) is 5.60 Å². The number of rotatable bonds is 6. The molecule has 0 spiro atoms. The molecule has 8 nitrogen and oxygen atoms in total. The minimum absolute atomic E-state index is 0.0515. The second-order valence-electron chi connectivity index (χ2n) is 7.96. The minimum Gasteiger partial charge on any atom is -0.380 e. The lowest BCUT2D eigenvalue weighted by Crippen LogP contribution is -2.49. The monoisotopic (exact) mass is 451 g/mol. The molecular formula is C21H24F3N5O3. The van der Waals surface area contributed by atoms with E-state index in [1.165, 1.54) is 0 Å². The summed E-state index contributed by atoms with van der Waals surface area (Å²) in [6.45, 7) is 4.20. The lowest BCUT2D eigenvalue weighted by Gasteiger charge is -2.37. The molecule has 2 aromatic rings. The van der Waals surface area contributed by atoms with Crippen molar-refractivity contribution in [3.63, 3.8) is 0 Å². The number of benzene rings is 1. The number of nitrogens with one attached hydrogen (secondary N) is 1. The maximum atomic E-state index is 12.8. The molecule has 32 heavy (non-hydrogen) atoms. The maximum Gasteiger partial charge on any atom is 0.419 e. The van der Waals surface area contributed by atoms with Crippen molar-refractivity contribution in [2.24, 2.45) is 0 Å². The summed E-state index contributed by atoms with van der Waals surface area (Å²) in [5.74, 6) is 0.0951. The molecule has 3 heterocycles. The van der Waals surface area contributed by atoms with Gasteiger partial charge in [0.05, 0.1) is 18.8 Å². The molecule has 1 aromatic carbocycles. The molecule has 1 amide bonds. The van der Waals surface area contributed by atoms with E-state index < -0.39 is 17.3 Å². The summed E-state index contributed by atoms with van der Waals surface area (Å²) in [5, 5.41) is 13.2. The third kappa shape index (κ3) is 5.00. The fourth-order valence-corrected chi connectivity index (χ4v) is 3.63. The van der Waals surface area contributed by atoms with Crippen LogP contribution in [0, 0.1) is 0 Å². The maximum absolute atomic E-state index is 12.8. The predicted molar refractivity (Wildman–Crippen MR) is 109 cm³/mol. The van der Waals surface area contributed by atoms with Gasteiger partial charge in [-0.1, -0.05) is 12.1 Å². The van der Waals surface area contributed by atoms with Crippen molar-refractivity contribution < 1.29 is 27.8 Å². The van der Waals surface area contributed by atoms with Gasteiger partial charge in [-0.2, -0.15) is 13.2 Å². The number of hydrogen-bond acceptors (Lipinski definition) is 7. The van der Waals surface area contributed by atoms with Crippen LogP contribution in [0.2, 0.25) is 0 Å². The second kappa shape index (κ2) is 9.00. The molecule has 172 valence electrons. The van der Waals surface area contributed by atoms with E-state index >= 15 is 0 Å². The Morgan fingerprint density at radius 2 is 1.72 bits per heavy atom. The highest BCUT2D eigenvalue weighted by Gasteiger charge is 2.38. The highest BCUT2D eigenvalue weighted by molar-refractivity contribution is 5.94. The molecule has 0 radical (unpaired) electrons. The number of aromatic nitrogens is 2. The molecule has 2 fully saturated rings. The van der Waals surface area contributed by atoms with Crippen molar-refractivity contribution in [1.82, 2.24) is 19.8 Å². The Bertz CT molecular complexity index is 925. The average molecular weight is 451 g/mol. The van der Waals surface area contributed by atoms with E-state index in [1.807, 2.05) is 0 Å². The van der Waals surface area contributed by atoms with Crippen molar-refractivity contribution in [2.45, 2.75) is 11.8 Å². The first-order valence-electron chi connectivity index (χ1n) is 10.3. The van der Waals surface area contributed by atoms with E-state index in [-0.39, 0.29) is 25.1 Å². The van der Waals surface area contributed by atoms with Crippen LogP contribution in [0.5, 0.6) is 0 Å². The average Bonchev–Trinajstić information content (AvgIpc) is 2.77. The summed E-state index contributed by atoms with van der Waals surface area (Å²) in [5.41, 5.74) is -0.514. The van der Waals surface area contributed by atoms with E-state index in [0.29, 0.717) is 44.8 Å². The van der Waals surface area contributed by atoms with Crippen LogP contribution in [0.25, 0.3) is 0 Å². The largest absolute Gasteiger partial charge is 0.419 e. The molecule has 11 heteroatoms. The van der Waals surface area contributed by atoms with Gasteiger partial charge >= 0.3 is 6.18 Å². The number of carbonyl (C=O) groups is 1. The van der Waals surface area contributed by atoms with Crippen LogP contribution in [0.15, 0.2) is 36.7 Å². The van der Waals surface area contributed by atoms with Crippen LogP contribution in [-0.2, 0) is 16.5 Å². The van der Waals surface area contributed by atoms with Gasteiger partial charge in [0.2, 0.25) is 5.95 Å². The summed E-state index contributed by atoms with van der Waals surface area (Å²) in [6, 6.07) is 6.99. The second-order valence-corrected chi connectivity index (χ2v) is 7.96. The molecule has 2 N–H and O–H groups in total. The number of halogens is 3. The molecule has 0 aliphatic carbocycles. The quantitative estimate of drug-likeness (QED) is 0.689. The third-order valence-electron chi connectivity index (χ3n) is 5.70. The SMILES string of the molecule is O=C(c1ccc(C2(O)COC2)cc1)N1CCN(CCNc2ncc(C(F)(F)F)cn2)CC1. The zero-order valence-corrected chi connectivity index (χ0v) is 17.3. The molecule has 0 unspecified atom stereocenters. The summed E-state index contributed by atoms with van der Waals surface area (Å²) >= 11 is 0. The number of nitrogens with zero attached hydrogens (tertiary/aromatic N) is 4. The van der Waals surface area contributed by atoms with Crippen LogP contribution >= 0.6 is 0 Å². The first-order valence-corrected chi connectivity index (χ1v) is 10.3. The summed E-state index contributed by atoms with van der Waals surface area (Å²) < 4.78 is 42.7. The number of ether oxygens (including phenoxy) is 1. The van der Waals surface area contributed by atoms with Gasteiger partial charge in [0, 0.05) is 57.2 Å². The molecule has 0 bridgehead atoms. The van der Waals surface area contributed by atoms with Crippen molar-refractivity contribution in [3.8, 4) is 0 Å². The Balaban J connectivity index is 1.20. The van der Waals surface area contributed by atoms with Gasteiger partial charge in [-0.3, -0.25) is 9.69 Å². The molecule has 1 aromatic heterocycles. The van der Waals surface area contributed by atoms with E-state index in [9.17, 15) is 23.1 Å². The highest BCUT2D eigenvalue weighted by Crippen LogP contribution is 2.29. The molecular weight excluding hydrogens is 427 g/mol. The lowest BCUT2D eigenvalue weighted by molar-refractivity contribution is -0.184. The van der Waals surface area contributed by atoms with Crippen molar-refractivity contribution in [3.05, 3.63) is 53.3 Å². The Kier molecular flexibility index (Phi) is 6.31. The Hall–Kier alpha value is -2.76. The number of alkyl halides is 3. The van der Waals surface area contributed by atoms with Crippen LogP contribution < -0.4 is 5.32 Å². The van der Waals surface area contributed by atoms with Gasteiger partial charge in [-0.25, -0.2) is 9.97 Å². The third-order valence-corrected chi connectivity index (χ3v) is 5.70. The molecule has 4 rings (SSSR count). The molecule has 2 saturated heterocycles. The highest BCUT2D eigenvalue weighted by atomic mass is 19.4. The van der Waals surface area contributed by atoms with Crippen LogP contribution in [0.1, 0.15) is 21.5 Å². The molecule has 2 aliphatic heterocycles. The van der Waals surface area contributed by atoms with E-state index in [2.05, 4.69) is 20.2 Å². The van der Waals surface area contributed by atoms with E-state index in [1.54, 1.807) is 29.2 Å². The Morgan fingerprint density at radius 3 is 2.25 bits per heavy atom. The predicted octanol–water partition coefficient (Wildman–Crippen LogP) is 1.58. The molecule has 0 saturated carbocycles. The minimum atomic E-state index is -4.45. The number of amides is 1. The van der Waals surface area contributed by atoms with Crippen LogP contribution in [0.4, 0.5) is 19.1 Å². The molecule has 0 atom stereocenters. The molecule has 2 aliphatic rings. The zero-order chi connectivity index (χ0) is 22.8. The Labute approximate surface area is 183 Å². The van der Waals surface area contributed by atoms with Gasteiger partial charge < -0.3 is 20.1 Å². The van der Waals surface area contributed by atoms with Crippen molar-refractivity contribution in [1.29, 1.82) is 0 Å². The van der Waals surface area contributed by atoms with Gasteiger partial charge in [0.25, 0.3) is 5.91 Å². The Morgan fingerprint density at radius 1 is 1.09 bits per heavy atom. The van der Waals surface area contributed by atoms with Gasteiger partial charge in [0.15, 0.2) is 0 Å². The summed E-state index contributed by atoms with van der Waals surface area (Å²) in [7, 11) is 0. The fraction of sp³-hybridized carbons (Fsp3) is 0.476. The topological polar surface area (TPSA) is 90.8 Å². The summed E-state index contributed by atoms with van der Waals surface area (Å²) in [4.78, 5) is 24.1. The first-order chi connectivity index (χ1) is 15.2. The van der Waals surface area contributed by atoms with E-state index in [0.717, 1.165) is 18.0 Å². The number of carbonyl (C=O) groups excluding carboxylic acids is 1. The van der Waals surface area contributed by atoms with Crippen LogP contribution in [0.3, 0.4) is 0 Å². The van der Waals surface area contributed by atoms with Gasteiger partial charge in [-0.05, 0) is 17.7 Å². The lowest BCUT2D eigenvalue weighted by atomic mass is 9.91. The zero-order valence-electron chi connectivity index (χ0n) is 17.3. The van der Waals surface area contributed by atoms with Crippen molar-refractivity contribution in [2.75, 3.05) is 57.8 Å². The fourth-order valence-electron chi connectivity index (χ4n) is 3.63. The smallest absolute Gasteiger partial charge is 0.380 e. The normalized spacial score (nSPS) is 18.8. The van der Waals surface area contributed by atoms with Crippen molar-refractivity contribution >= 4 is 11.9 Å².